The zero-order chi connectivity index (χ0) is 10.4. The summed E-state index contributed by atoms with van der Waals surface area (Å²) in [6, 6.07) is 5.70. The lowest BCUT2D eigenvalue weighted by Gasteiger charge is -2.06. The minimum Gasteiger partial charge on any atom is -0.495 e. The van der Waals surface area contributed by atoms with Crippen LogP contribution >= 0.6 is 11.6 Å². The van der Waals surface area contributed by atoms with E-state index in [4.69, 9.17) is 21.1 Å². The van der Waals surface area contributed by atoms with Crippen LogP contribution in [-0.2, 0) is 11.3 Å². The molecule has 0 aliphatic rings. The molecule has 0 heterocycles. The van der Waals surface area contributed by atoms with Crippen LogP contribution < -0.4 is 10.1 Å². The molecular formula is C10H14ClNO2. The van der Waals surface area contributed by atoms with Crippen LogP contribution in [0.25, 0.3) is 0 Å². The molecule has 14 heavy (non-hydrogen) atoms. The number of benzene rings is 1. The monoisotopic (exact) mass is 215 g/mol. The standard InChI is InChI=1S/C10H14ClNO2/c1-13-7-12-6-8-3-4-10(14-2)9(11)5-8/h3-5,12H,6-7H2,1-2H3. The second-order valence-electron chi connectivity index (χ2n) is 2.83. The normalized spacial score (nSPS) is 10.2. The van der Waals surface area contributed by atoms with Crippen molar-refractivity contribution in [3.8, 4) is 5.75 Å². The predicted molar refractivity (Wildman–Crippen MR) is 56.7 cm³/mol. The van der Waals surface area contributed by atoms with Gasteiger partial charge in [0.2, 0.25) is 0 Å². The molecule has 0 bridgehead atoms. The summed E-state index contributed by atoms with van der Waals surface area (Å²) in [5.41, 5.74) is 1.10. The molecule has 0 atom stereocenters. The second-order valence-corrected chi connectivity index (χ2v) is 3.24. The summed E-state index contributed by atoms with van der Waals surface area (Å²) in [5.74, 6) is 0.696. The SMILES string of the molecule is COCNCc1ccc(OC)c(Cl)c1. The van der Waals surface area contributed by atoms with E-state index in [1.165, 1.54) is 0 Å². The van der Waals surface area contributed by atoms with Gasteiger partial charge in [-0.1, -0.05) is 17.7 Å². The van der Waals surface area contributed by atoms with Gasteiger partial charge in [0.1, 0.15) is 5.75 Å². The maximum Gasteiger partial charge on any atom is 0.137 e. The van der Waals surface area contributed by atoms with Gasteiger partial charge < -0.3 is 9.47 Å². The number of ether oxygens (including phenoxy) is 2. The Morgan fingerprint density at radius 1 is 1.36 bits per heavy atom. The van der Waals surface area contributed by atoms with Gasteiger partial charge in [0.15, 0.2) is 0 Å². The van der Waals surface area contributed by atoms with Crippen LogP contribution in [0.4, 0.5) is 0 Å². The van der Waals surface area contributed by atoms with Gasteiger partial charge in [-0.25, -0.2) is 0 Å². The lowest BCUT2D eigenvalue weighted by Crippen LogP contribution is -2.15. The molecule has 0 aliphatic heterocycles. The van der Waals surface area contributed by atoms with E-state index >= 15 is 0 Å². The lowest BCUT2D eigenvalue weighted by atomic mass is 10.2. The molecule has 1 aromatic rings. The Morgan fingerprint density at radius 3 is 2.71 bits per heavy atom. The Morgan fingerprint density at radius 2 is 2.14 bits per heavy atom. The van der Waals surface area contributed by atoms with E-state index in [9.17, 15) is 0 Å². The molecule has 1 rings (SSSR count). The Hall–Kier alpha value is -0.770. The summed E-state index contributed by atoms with van der Waals surface area (Å²) in [7, 11) is 3.25. The third-order valence-electron chi connectivity index (χ3n) is 1.79. The fourth-order valence-electron chi connectivity index (χ4n) is 1.12. The summed E-state index contributed by atoms with van der Waals surface area (Å²) in [5, 5.41) is 3.72. The van der Waals surface area contributed by atoms with Gasteiger partial charge in [-0.2, -0.15) is 0 Å². The van der Waals surface area contributed by atoms with Gasteiger partial charge in [0, 0.05) is 13.7 Å². The van der Waals surface area contributed by atoms with Crippen molar-refractivity contribution in [2.45, 2.75) is 6.54 Å². The van der Waals surface area contributed by atoms with Crippen molar-refractivity contribution < 1.29 is 9.47 Å². The highest BCUT2D eigenvalue weighted by molar-refractivity contribution is 6.32. The zero-order valence-electron chi connectivity index (χ0n) is 8.34. The predicted octanol–water partition coefficient (Wildman–Crippen LogP) is 2.04. The van der Waals surface area contributed by atoms with Gasteiger partial charge in [-0.3, -0.25) is 5.32 Å². The molecule has 1 aromatic carbocycles. The van der Waals surface area contributed by atoms with Crippen molar-refractivity contribution >= 4 is 11.6 Å². The number of rotatable bonds is 5. The number of halogens is 1. The zero-order valence-corrected chi connectivity index (χ0v) is 9.10. The first-order valence-corrected chi connectivity index (χ1v) is 4.67. The molecule has 78 valence electrons. The average Bonchev–Trinajstić information content (AvgIpc) is 2.18. The van der Waals surface area contributed by atoms with Crippen LogP contribution in [0.1, 0.15) is 5.56 Å². The molecule has 3 nitrogen and oxygen atoms in total. The topological polar surface area (TPSA) is 30.5 Å². The maximum atomic E-state index is 5.96. The van der Waals surface area contributed by atoms with E-state index in [0.717, 1.165) is 12.1 Å². The summed E-state index contributed by atoms with van der Waals surface area (Å²) >= 11 is 5.96. The van der Waals surface area contributed by atoms with Crippen LogP contribution in [0.5, 0.6) is 5.75 Å². The third-order valence-corrected chi connectivity index (χ3v) is 2.09. The number of hydrogen-bond donors (Lipinski definition) is 1. The first-order chi connectivity index (χ1) is 6.77. The van der Waals surface area contributed by atoms with Crippen LogP contribution in [0.15, 0.2) is 18.2 Å². The molecule has 4 heteroatoms. The number of hydrogen-bond acceptors (Lipinski definition) is 3. The first kappa shape index (κ1) is 11.3. The van der Waals surface area contributed by atoms with Gasteiger partial charge in [0.05, 0.1) is 18.9 Å². The van der Waals surface area contributed by atoms with Crippen molar-refractivity contribution in [3.63, 3.8) is 0 Å². The van der Waals surface area contributed by atoms with Gasteiger partial charge in [-0.05, 0) is 17.7 Å². The molecule has 0 saturated heterocycles. The maximum absolute atomic E-state index is 5.96. The van der Waals surface area contributed by atoms with Crippen molar-refractivity contribution in [2.75, 3.05) is 21.0 Å². The largest absolute Gasteiger partial charge is 0.495 e. The highest BCUT2D eigenvalue weighted by atomic mass is 35.5. The Bertz CT molecular complexity index is 291. The molecule has 0 saturated carbocycles. The van der Waals surface area contributed by atoms with Crippen molar-refractivity contribution in [3.05, 3.63) is 28.8 Å². The fourth-order valence-corrected chi connectivity index (χ4v) is 1.40. The fraction of sp³-hybridized carbons (Fsp3) is 0.400. The van der Waals surface area contributed by atoms with E-state index in [2.05, 4.69) is 5.32 Å². The summed E-state index contributed by atoms with van der Waals surface area (Å²) in [6.07, 6.45) is 0. The highest BCUT2D eigenvalue weighted by Gasteiger charge is 2.00. The quantitative estimate of drug-likeness (QED) is 0.603. The molecular weight excluding hydrogens is 202 g/mol. The molecule has 0 aliphatic carbocycles. The van der Waals surface area contributed by atoms with E-state index in [-0.39, 0.29) is 0 Å². The average molecular weight is 216 g/mol. The smallest absolute Gasteiger partial charge is 0.137 e. The minimum atomic E-state index is 0.531. The first-order valence-electron chi connectivity index (χ1n) is 4.30. The van der Waals surface area contributed by atoms with Crippen molar-refractivity contribution in [1.29, 1.82) is 0 Å². The van der Waals surface area contributed by atoms with Gasteiger partial charge >= 0.3 is 0 Å². The molecule has 1 N–H and O–H groups in total. The summed E-state index contributed by atoms with van der Waals surface area (Å²) < 4.78 is 9.92. The van der Waals surface area contributed by atoms with Crippen LogP contribution in [0.2, 0.25) is 5.02 Å². The molecule has 0 fully saturated rings. The van der Waals surface area contributed by atoms with E-state index in [1.54, 1.807) is 14.2 Å². The van der Waals surface area contributed by atoms with Gasteiger partial charge in [-0.15, -0.1) is 0 Å². The van der Waals surface area contributed by atoms with E-state index in [1.807, 2.05) is 18.2 Å². The number of nitrogens with one attached hydrogen (secondary N) is 1. The molecule has 0 unspecified atom stereocenters. The molecule has 0 radical (unpaired) electrons. The summed E-state index contributed by atoms with van der Waals surface area (Å²) in [4.78, 5) is 0. The van der Waals surface area contributed by atoms with Crippen LogP contribution in [0.3, 0.4) is 0 Å². The molecule has 0 amide bonds. The minimum absolute atomic E-state index is 0.531. The Balaban J connectivity index is 2.57. The molecule has 0 aromatic heterocycles. The highest BCUT2D eigenvalue weighted by Crippen LogP contribution is 2.24. The van der Waals surface area contributed by atoms with E-state index in [0.29, 0.717) is 17.5 Å². The summed E-state index contributed by atoms with van der Waals surface area (Å²) in [6.45, 7) is 1.27. The Labute approximate surface area is 89.0 Å². The second kappa shape index (κ2) is 5.86. The van der Waals surface area contributed by atoms with E-state index < -0.39 is 0 Å². The Kier molecular flexibility index (Phi) is 4.73. The van der Waals surface area contributed by atoms with Gasteiger partial charge in [0.25, 0.3) is 0 Å². The van der Waals surface area contributed by atoms with Crippen molar-refractivity contribution in [2.24, 2.45) is 0 Å². The van der Waals surface area contributed by atoms with Crippen LogP contribution in [0, 0.1) is 0 Å². The van der Waals surface area contributed by atoms with Crippen molar-refractivity contribution in [1.82, 2.24) is 5.32 Å². The van der Waals surface area contributed by atoms with Crippen LogP contribution in [-0.4, -0.2) is 21.0 Å². The lowest BCUT2D eigenvalue weighted by molar-refractivity contribution is 0.174. The third kappa shape index (κ3) is 3.18. The molecule has 0 spiro atoms. The number of methoxy groups -OCH3 is 2.